The Morgan fingerprint density at radius 2 is 1.96 bits per heavy atom. The van der Waals surface area contributed by atoms with Crippen molar-refractivity contribution >= 4 is 51.6 Å². The Hall–Kier alpha value is -1.90. The highest BCUT2D eigenvalue weighted by Gasteiger charge is 2.39. The van der Waals surface area contributed by atoms with Crippen LogP contribution < -0.4 is 9.47 Å². The normalized spacial score (nSPS) is 18.6. The molecule has 2 aromatic rings. The van der Waals surface area contributed by atoms with E-state index in [2.05, 4.69) is 10.2 Å². The highest BCUT2D eigenvalue weighted by Crippen LogP contribution is 2.43. The number of rotatable bonds is 5. The summed E-state index contributed by atoms with van der Waals surface area (Å²) in [6, 6.07) is 3.34. The van der Waals surface area contributed by atoms with Crippen molar-refractivity contribution in [2.24, 2.45) is 0 Å². The number of ketones is 1. The standard InChI is InChI=1S/C17H16ClN3O3S2/c1-4-13-20-21-17(26-13)14-15(22)12(25-16(14)19)6-8-5-10(23-2)11(24-3)7-9(8)18/h5-7,14,19H,4H2,1-3H3/b12-6-,19-16?/t14-/m0/s1. The molecular weight excluding hydrogens is 394 g/mol. The van der Waals surface area contributed by atoms with Crippen LogP contribution >= 0.6 is 34.7 Å². The van der Waals surface area contributed by atoms with E-state index in [0.717, 1.165) is 23.2 Å². The number of aromatic nitrogens is 2. The first-order chi connectivity index (χ1) is 12.5. The Kier molecular flexibility index (Phi) is 5.64. The number of carbonyl (C=O) groups is 1. The smallest absolute Gasteiger partial charge is 0.186 e. The van der Waals surface area contributed by atoms with Crippen LogP contribution in [0.1, 0.15) is 28.4 Å². The van der Waals surface area contributed by atoms with Gasteiger partial charge in [-0.15, -0.1) is 21.5 Å². The summed E-state index contributed by atoms with van der Waals surface area (Å²) in [6.45, 7) is 1.98. The lowest BCUT2D eigenvalue weighted by molar-refractivity contribution is -0.114. The fraction of sp³-hybridized carbons (Fsp3) is 0.294. The van der Waals surface area contributed by atoms with Crippen LogP contribution in [0.4, 0.5) is 0 Å². The van der Waals surface area contributed by atoms with Gasteiger partial charge in [0.1, 0.15) is 15.9 Å². The van der Waals surface area contributed by atoms with Gasteiger partial charge in [0.05, 0.1) is 29.2 Å². The number of thioether (sulfide) groups is 1. The number of hydrogen-bond acceptors (Lipinski definition) is 8. The maximum atomic E-state index is 12.8. The summed E-state index contributed by atoms with van der Waals surface area (Å²) in [7, 11) is 3.06. The fourth-order valence-corrected chi connectivity index (χ4v) is 4.61. The molecule has 2 heterocycles. The van der Waals surface area contributed by atoms with Crippen molar-refractivity contribution in [1.82, 2.24) is 10.2 Å². The maximum absolute atomic E-state index is 12.8. The van der Waals surface area contributed by atoms with E-state index in [1.165, 1.54) is 25.6 Å². The zero-order valence-electron chi connectivity index (χ0n) is 14.3. The average Bonchev–Trinajstić information content (AvgIpc) is 3.20. The molecule has 0 radical (unpaired) electrons. The molecular formula is C17H16ClN3O3S2. The van der Waals surface area contributed by atoms with E-state index in [9.17, 15) is 4.79 Å². The first kappa shape index (κ1) is 18.9. The summed E-state index contributed by atoms with van der Waals surface area (Å²) in [5, 5.41) is 18.4. The van der Waals surface area contributed by atoms with Gasteiger partial charge in [0.2, 0.25) is 0 Å². The van der Waals surface area contributed by atoms with Crippen molar-refractivity contribution < 1.29 is 14.3 Å². The minimum atomic E-state index is -0.678. The number of Topliss-reactive ketones (excluding diaryl/α,β-unsaturated/α-hetero) is 1. The van der Waals surface area contributed by atoms with E-state index in [1.807, 2.05) is 6.92 Å². The van der Waals surface area contributed by atoms with Crippen molar-refractivity contribution in [2.45, 2.75) is 19.3 Å². The minimum Gasteiger partial charge on any atom is -0.493 e. The number of carbonyl (C=O) groups excluding carboxylic acids is 1. The van der Waals surface area contributed by atoms with Gasteiger partial charge in [-0.25, -0.2) is 0 Å². The molecule has 26 heavy (non-hydrogen) atoms. The van der Waals surface area contributed by atoms with Gasteiger partial charge in [-0.1, -0.05) is 30.3 Å². The van der Waals surface area contributed by atoms with Crippen LogP contribution in [-0.4, -0.2) is 35.2 Å². The largest absolute Gasteiger partial charge is 0.493 e. The SMILES string of the molecule is CCc1nnc([C@@H]2C(=N)S/C(=C\c3cc(OC)c(OC)cc3Cl)C2=O)s1. The van der Waals surface area contributed by atoms with Crippen molar-refractivity contribution in [3.05, 3.63) is 37.6 Å². The Bertz CT molecular complexity index is 911. The van der Waals surface area contributed by atoms with Gasteiger partial charge in [0, 0.05) is 6.07 Å². The molecule has 1 N–H and O–H groups in total. The molecule has 0 unspecified atom stereocenters. The molecule has 0 spiro atoms. The molecule has 0 aliphatic carbocycles. The van der Waals surface area contributed by atoms with Gasteiger partial charge < -0.3 is 9.47 Å². The van der Waals surface area contributed by atoms with E-state index >= 15 is 0 Å². The number of nitrogens with one attached hydrogen (secondary N) is 1. The third-order valence-electron chi connectivity index (χ3n) is 3.81. The van der Waals surface area contributed by atoms with E-state index in [-0.39, 0.29) is 10.8 Å². The quantitative estimate of drug-likeness (QED) is 0.745. The number of ether oxygens (including phenoxy) is 2. The molecule has 136 valence electrons. The topological polar surface area (TPSA) is 85.2 Å². The Morgan fingerprint density at radius 1 is 1.27 bits per heavy atom. The van der Waals surface area contributed by atoms with Crippen molar-refractivity contribution in [1.29, 1.82) is 5.41 Å². The minimum absolute atomic E-state index is 0.162. The molecule has 3 rings (SSSR count). The molecule has 1 atom stereocenters. The first-order valence-electron chi connectivity index (χ1n) is 7.74. The molecule has 1 fully saturated rings. The van der Waals surface area contributed by atoms with Gasteiger partial charge in [-0.2, -0.15) is 0 Å². The monoisotopic (exact) mass is 409 g/mol. The van der Waals surface area contributed by atoms with Gasteiger partial charge in [-0.05, 0) is 24.1 Å². The second kappa shape index (κ2) is 7.77. The molecule has 0 saturated carbocycles. The Balaban J connectivity index is 1.95. The third kappa shape index (κ3) is 3.49. The molecule has 1 aromatic carbocycles. The lowest BCUT2D eigenvalue weighted by Crippen LogP contribution is -2.11. The van der Waals surface area contributed by atoms with Crippen LogP contribution in [0.3, 0.4) is 0 Å². The molecule has 1 aromatic heterocycles. The van der Waals surface area contributed by atoms with E-state index in [0.29, 0.717) is 32.0 Å². The van der Waals surface area contributed by atoms with Gasteiger partial charge >= 0.3 is 0 Å². The second-order valence-electron chi connectivity index (χ2n) is 5.39. The van der Waals surface area contributed by atoms with Gasteiger partial charge in [0.25, 0.3) is 0 Å². The second-order valence-corrected chi connectivity index (χ2v) is 7.97. The zero-order valence-corrected chi connectivity index (χ0v) is 16.7. The summed E-state index contributed by atoms with van der Waals surface area (Å²) in [5.41, 5.74) is 0.625. The van der Waals surface area contributed by atoms with Crippen LogP contribution in [-0.2, 0) is 11.2 Å². The summed E-state index contributed by atoms with van der Waals surface area (Å²) in [5.74, 6) is 0.187. The predicted octanol–water partition coefficient (Wildman–Crippen LogP) is 4.19. The fourth-order valence-electron chi connectivity index (χ4n) is 2.46. The summed E-state index contributed by atoms with van der Waals surface area (Å²) in [4.78, 5) is 13.3. The molecule has 1 saturated heterocycles. The molecule has 9 heteroatoms. The van der Waals surface area contributed by atoms with E-state index in [1.54, 1.807) is 18.2 Å². The van der Waals surface area contributed by atoms with Crippen LogP contribution in [0.2, 0.25) is 5.02 Å². The van der Waals surface area contributed by atoms with Crippen LogP contribution in [0.5, 0.6) is 11.5 Å². The number of aryl methyl sites for hydroxylation is 1. The molecule has 1 aliphatic heterocycles. The Morgan fingerprint density at radius 3 is 2.58 bits per heavy atom. The van der Waals surface area contributed by atoms with E-state index < -0.39 is 5.92 Å². The molecule has 1 aliphatic rings. The lowest BCUT2D eigenvalue weighted by atomic mass is 10.0. The predicted molar refractivity (Wildman–Crippen MR) is 105 cm³/mol. The number of benzene rings is 1. The van der Waals surface area contributed by atoms with Gasteiger partial charge in [0.15, 0.2) is 17.3 Å². The Labute approximate surface area is 164 Å². The summed E-state index contributed by atoms with van der Waals surface area (Å²) >= 11 is 8.80. The van der Waals surface area contributed by atoms with Crippen LogP contribution in [0.15, 0.2) is 17.0 Å². The summed E-state index contributed by atoms with van der Waals surface area (Å²) < 4.78 is 10.5. The number of allylic oxidation sites excluding steroid dienone is 1. The lowest BCUT2D eigenvalue weighted by Gasteiger charge is -2.10. The average molecular weight is 410 g/mol. The van der Waals surface area contributed by atoms with Gasteiger partial charge in [-0.3, -0.25) is 10.2 Å². The number of methoxy groups -OCH3 is 2. The molecule has 6 nitrogen and oxygen atoms in total. The first-order valence-corrected chi connectivity index (χ1v) is 9.75. The highest BCUT2D eigenvalue weighted by atomic mass is 35.5. The van der Waals surface area contributed by atoms with E-state index in [4.69, 9.17) is 26.5 Å². The number of nitrogens with zero attached hydrogens (tertiary/aromatic N) is 2. The van der Waals surface area contributed by atoms with Crippen molar-refractivity contribution in [3.63, 3.8) is 0 Å². The molecule has 0 bridgehead atoms. The third-order valence-corrected chi connectivity index (χ3v) is 6.26. The van der Waals surface area contributed by atoms with Crippen molar-refractivity contribution in [2.75, 3.05) is 14.2 Å². The zero-order chi connectivity index (χ0) is 18.8. The number of halogens is 1. The summed E-state index contributed by atoms with van der Waals surface area (Å²) in [6.07, 6.45) is 2.43. The number of hydrogen-bond donors (Lipinski definition) is 1. The highest BCUT2D eigenvalue weighted by molar-refractivity contribution is 8.19. The van der Waals surface area contributed by atoms with Crippen molar-refractivity contribution in [3.8, 4) is 11.5 Å². The maximum Gasteiger partial charge on any atom is 0.186 e. The van der Waals surface area contributed by atoms with Crippen LogP contribution in [0.25, 0.3) is 6.08 Å². The molecule has 0 amide bonds. The van der Waals surface area contributed by atoms with Crippen LogP contribution in [0, 0.1) is 5.41 Å².